The maximum atomic E-state index is 11.4. The lowest BCUT2D eigenvalue weighted by molar-refractivity contribution is -0.127. The van der Waals surface area contributed by atoms with Crippen molar-refractivity contribution in [3.63, 3.8) is 0 Å². The Balaban J connectivity index is 0.000000212. The molecule has 25 heavy (non-hydrogen) atoms. The molecule has 0 aromatic heterocycles. The van der Waals surface area contributed by atoms with Crippen LogP contribution in [0, 0.1) is 5.92 Å². The van der Waals surface area contributed by atoms with E-state index in [1.807, 2.05) is 6.92 Å². The fourth-order valence-electron chi connectivity index (χ4n) is 3.28. The van der Waals surface area contributed by atoms with Crippen LogP contribution in [0.5, 0.6) is 5.75 Å². The number of phenolic OH excluding ortho intramolecular Hbond substituents is 1. The minimum Gasteiger partial charge on any atom is -0.508 e. The van der Waals surface area contributed by atoms with Gasteiger partial charge in [-0.15, -0.1) is 0 Å². The highest BCUT2D eigenvalue weighted by molar-refractivity contribution is 5.82. The predicted octanol–water partition coefficient (Wildman–Crippen LogP) is 0.0328. The van der Waals surface area contributed by atoms with Gasteiger partial charge in [0.2, 0.25) is 0 Å². The van der Waals surface area contributed by atoms with Crippen LogP contribution in [0.3, 0.4) is 0 Å². The van der Waals surface area contributed by atoms with Crippen LogP contribution in [0.15, 0.2) is 18.2 Å². The van der Waals surface area contributed by atoms with Gasteiger partial charge in [0.25, 0.3) is 0 Å². The first-order chi connectivity index (χ1) is 11.8. The number of hydrogen-bond donors (Lipinski definition) is 5. The minimum absolute atomic E-state index is 0.0693. The van der Waals surface area contributed by atoms with Crippen molar-refractivity contribution in [2.24, 2.45) is 11.7 Å². The van der Waals surface area contributed by atoms with Gasteiger partial charge in [0.1, 0.15) is 12.4 Å². The summed E-state index contributed by atoms with van der Waals surface area (Å²) in [5.41, 5.74) is 6.84. The Kier molecular flexibility index (Phi) is 6.92. The Morgan fingerprint density at radius 2 is 2.08 bits per heavy atom. The van der Waals surface area contributed by atoms with Crippen LogP contribution >= 0.6 is 0 Å². The molecule has 140 valence electrons. The highest BCUT2D eigenvalue weighted by atomic mass is 16.5. The fraction of sp³-hybridized carbons (Fsp3) is 0.611. The van der Waals surface area contributed by atoms with Gasteiger partial charge in [-0.3, -0.25) is 4.79 Å². The molecule has 0 spiro atoms. The lowest BCUT2D eigenvalue weighted by atomic mass is 9.80. The second kappa shape index (κ2) is 8.73. The Morgan fingerprint density at radius 3 is 2.68 bits per heavy atom. The van der Waals surface area contributed by atoms with E-state index in [9.17, 15) is 20.1 Å². The van der Waals surface area contributed by atoms with E-state index in [0.29, 0.717) is 18.6 Å². The van der Waals surface area contributed by atoms with Crippen LogP contribution in [-0.2, 0) is 16.0 Å². The number of aromatic hydroxyl groups is 1. The average Bonchev–Trinajstić information content (AvgIpc) is 2.59. The molecule has 1 aromatic carbocycles. The largest absolute Gasteiger partial charge is 0.508 e. The third-order valence-corrected chi connectivity index (χ3v) is 4.84. The summed E-state index contributed by atoms with van der Waals surface area (Å²) in [5.74, 6) is -0.540. The number of benzene rings is 1. The number of ketones is 1. The van der Waals surface area contributed by atoms with E-state index in [1.165, 1.54) is 6.07 Å². The van der Waals surface area contributed by atoms with E-state index in [-0.39, 0.29) is 36.0 Å². The molecule has 0 radical (unpaired) electrons. The van der Waals surface area contributed by atoms with Crippen LogP contribution in [0.25, 0.3) is 0 Å². The topological polar surface area (TPSA) is 133 Å². The van der Waals surface area contributed by atoms with Crippen molar-refractivity contribution in [1.29, 1.82) is 0 Å². The number of nitrogens with two attached hydrogens (primary N) is 1. The molecule has 0 bridgehead atoms. The second-order valence-corrected chi connectivity index (χ2v) is 6.65. The normalized spacial score (nSPS) is 31.5. The monoisotopic (exact) mass is 353 g/mol. The Labute approximate surface area is 147 Å². The van der Waals surface area contributed by atoms with E-state index in [0.717, 1.165) is 12.0 Å². The third-order valence-electron chi connectivity index (χ3n) is 4.84. The average molecular weight is 353 g/mol. The SMILES string of the molecule is CC1OCCC(N)C1O.O=C(CO)C1Cc2cccc(O)c2C(O)C1. The van der Waals surface area contributed by atoms with Gasteiger partial charge in [-0.2, -0.15) is 0 Å². The molecule has 1 saturated heterocycles. The summed E-state index contributed by atoms with van der Waals surface area (Å²) in [6.07, 6.45) is 0.119. The van der Waals surface area contributed by atoms with Gasteiger partial charge in [-0.1, -0.05) is 12.1 Å². The van der Waals surface area contributed by atoms with E-state index in [2.05, 4.69) is 0 Å². The number of ether oxygens (including phenoxy) is 1. The number of Topliss-reactive ketones (excluding diaryl/α,β-unsaturated/α-hetero) is 1. The molecule has 2 aliphatic rings. The predicted molar refractivity (Wildman–Crippen MR) is 91.0 cm³/mol. The standard InChI is InChI=1S/C12H14O4.C6H13NO2/c13-6-11(16)8-4-7-2-1-3-9(14)12(7)10(15)5-8;1-4-6(8)5(7)2-3-9-4/h1-3,8,10,13-15H,4-6H2;4-6,8H,2-3,7H2,1H3. The zero-order valence-electron chi connectivity index (χ0n) is 14.3. The summed E-state index contributed by atoms with van der Waals surface area (Å²) in [4.78, 5) is 11.4. The summed E-state index contributed by atoms with van der Waals surface area (Å²) in [7, 11) is 0. The van der Waals surface area contributed by atoms with Gasteiger partial charge in [-0.25, -0.2) is 0 Å². The number of carbonyl (C=O) groups is 1. The Hall–Kier alpha value is -1.51. The molecule has 7 heteroatoms. The molecule has 6 N–H and O–H groups in total. The molecule has 3 rings (SSSR count). The van der Waals surface area contributed by atoms with Crippen molar-refractivity contribution in [2.75, 3.05) is 13.2 Å². The van der Waals surface area contributed by atoms with Crippen molar-refractivity contribution in [1.82, 2.24) is 0 Å². The van der Waals surface area contributed by atoms with Gasteiger partial charge in [0, 0.05) is 24.1 Å². The number of phenols is 1. The Morgan fingerprint density at radius 1 is 1.36 bits per heavy atom. The lowest BCUT2D eigenvalue weighted by Gasteiger charge is -2.30. The van der Waals surface area contributed by atoms with Crippen LogP contribution in [0.4, 0.5) is 0 Å². The van der Waals surface area contributed by atoms with Gasteiger partial charge < -0.3 is 30.9 Å². The summed E-state index contributed by atoms with van der Waals surface area (Å²) in [6.45, 7) is 2.02. The molecule has 1 aromatic rings. The molecule has 7 nitrogen and oxygen atoms in total. The molecular formula is C18H27NO6. The molecule has 5 unspecified atom stereocenters. The molecule has 5 atom stereocenters. The highest BCUT2D eigenvalue weighted by Crippen LogP contribution is 2.38. The lowest BCUT2D eigenvalue weighted by Crippen LogP contribution is -2.47. The zero-order chi connectivity index (χ0) is 18.6. The van der Waals surface area contributed by atoms with Gasteiger partial charge in [-0.05, 0) is 37.8 Å². The highest BCUT2D eigenvalue weighted by Gasteiger charge is 2.31. The van der Waals surface area contributed by atoms with E-state index in [4.69, 9.17) is 15.6 Å². The van der Waals surface area contributed by atoms with Crippen LogP contribution < -0.4 is 5.73 Å². The number of fused-ring (bicyclic) bond motifs is 1. The molecule has 0 saturated carbocycles. The summed E-state index contributed by atoms with van der Waals surface area (Å²) in [6, 6.07) is 4.91. The molecule has 1 heterocycles. The maximum Gasteiger partial charge on any atom is 0.161 e. The molecule has 1 aliphatic heterocycles. The van der Waals surface area contributed by atoms with E-state index in [1.54, 1.807) is 12.1 Å². The van der Waals surface area contributed by atoms with Crippen LogP contribution in [0.1, 0.15) is 37.0 Å². The first-order valence-electron chi connectivity index (χ1n) is 8.52. The minimum atomic E-state index is -0.828. The number of hydrogen-bond acceptors (Lipinski definition) is 7. The summed E-state index contributed by atoms with van der Waals surface area (Å²) >= 11 is 0. The molecule has 1 fully saturated rings. The summed E-state index contributed by atoms with van der Waals surface area (Å²) in [5, 5.41) is 37.5. The molecular weight excluding hydrogens is 326 g/mol. The first-order valence-corrected chi connectivity index (χ1v) is 8.52. The number of aliphatic hydroxyl groups is 3. The van der Waals surface area contributed by atoms with E-state index < -0.39 is 18.8 Å². The number of rotatable bonds is 2. The first kappa shape index (κ1) is 19.8. The van der Waals surface area contributed by atoms with Crippen LogP contribution in [0.2, 0.25) is 0 Å². The maximum absolute atomic E-state index is 11.4. The molecule has 0 amide bonds. The van der Waals surface area contributed by atoms with Gasteiger partial charge in [0.05, 0.1) is 18.3 Å². The second-order valence-electron chi connectivity index (χ2n) is 6.65. The van der Waals surface area contributed by atoms with Crippen molar-refractivity contribution in [3.05, 3.63) is 29.3 Å². The van der Waals surface area contributed by atoms with Crippen molar-refractivity contribution in [2.45, 2.75) is 50.5 Å². The van der Waals surface area contributed by atoms with Gasteiger partial charge >= 0.3 is 0 Å². The van der Waals surface area contributed by atoms with Crippen molar-refractivity contribution < 1.29 is 30.0 Å². The Bertz CT molecular complexity index is 583. The summed E-state index contributed by atoms with van der Waals surface area (Å²) < 4.78 is 5.13. The van der Waals surface area contributed by atoms with Crippen molar-refractivity contribution in [3.8, 4) is 5.75 Å². The van der Waals surface area contributed by atoms with E-state index >= 15 is 0 Å². The quantitative estimate of drug-likeness (QED) is 0.506. The van der Waals surface area contributed by atoms with Crippen molar-refractivity contribution >= 4 is 5.78 Å². The van der Waals surface area contributed by atoms with Crippen LogP contribution in [-0.4, -0.2) is 57.7 Å². The number of aliphatic hydroxyl groups excluding tert-OH is 3. The third kappa shape index (κ3) is 4.77. The molecule has 1 aliphatic carbocycles. The smallest absolute Gasteiger partial charge is 0.161 e. The number of carbonyl (C=O) groups excluding carboxylic acids is 1. The van der Waals surface area contributed by atoms with Gasteiger partial charge in [0.15, 0.2) is 5.78 Å². The zero-order valence-corrected chi connectivity index (χ0v) is 14.3. The fourth-order valence-corrected chi connectivity index (χ4v) is 3.28.